The molecule has 6 rings (SSSR count). The van der Waals surface area contributed by atoms with Crippen LogP contribution in [0.4, 0.5) is 0 Å². The molecular formula is C35H33N3O4S2. The number of hydrogen-bond donors (Lipinski definition) is 0. The number of thiazole rings is 1. The van der Waals surface area contributed by atoms with E-state index in [-0.39, 0.29) is 11.5 Å². The average molecular weight is 624 g/mol. The SMILES string of the molecule is CCN(CC)C(=O)C1=C(C)N=c2s/c(=C/c3ccc(Sc4ccc(C)cc4)o3)c(=O)n2[C@H]1c1c(OC)ccc2ccccc12. The Bertz CT molecular complexity index is 2080. The normalized spacial score (nSPS) is 14.9. The zero-order valence-corrected chi connectivity index (χ0v) is 26.9. The van der Waals surface area contributed by atoms with Crippen molar-refractivity contribution >= 4 is 45.9 Å². The van der Waals surface area contributed by atoms with Gasteiger partial charge in [0.2, 0.25) is 0 Å². The molecule has 224 valence electrons. The van der Waals surface area contributed by atoms with E-state index in [1.165, 1.54) is 28.7 Å². The molecule has 7 nitrogen and oxygen atoms in total. The number of aryl methyl sites for hydroxylation is 1. The number of carbonyl (C=O) groups is 1. The highest BCUT2D eigenvalue weighted by Crippen LogP contribution is 2.40. The van der Waals surface area contributed by atoms with E-state index in [1.54, 1.807) is 22.7 Å². The van der Waals surface area contributed by atoms with Crippen LogP contribution in [0.2, 0.25) is 0 Å². The summed E-state index contributed by atoms with van der Waals surface area (Å²) in [5.41, 5.74) is 2.77. The summed E-state index contributed by atoms with van der Waals surface area (Å²) in [7, 11) is 1.61. The molecule has 3 heterocycles. The maximum Gasteiger partial charge on any atom is 0.271 e. The summed E-state index contributed by atoms with van der Waals surface area (Å²) in [4.78, 5) is 36.6. The highest BCUT2D eigenvalue weighted by Gasteiger charge is 2.36. The molecule has 3 aromatic carbocycles. The Morgan fingerprint density at radius 3 is 2.52 bits per heavy atom. The number of rotatable bonds is 8. The van der Waals surface area contributed by atoms with Gasteiger partial charge in [-0.3, -0.25) is 14.2 Å². The van der Waals surface area contributed by atoms with E-state index < -0.39 is 6.04 Å². The molecule has 0 radical (unpaired) electrons. The molecule has 1 atom stereocenters. The minimum atomic E-state index is -0.730. The molecular weight excluding hydrogens is 591 g/mol. The highest BCUT2D eigenvalue weighted by molar-refractivity contribution is 7.99. The van der Waals surface area contributed by atoms with Crippen molar-refractivity contribution in [3.8, 4) is 5.75 Å². The third kappa shape index (κ3) is 5.42. The average Bonchev–Trinajstić information content (AvgIpc) is 3.60. The number of methoxy groups -OCH3 is 1. The predicted octanol–water partition coefficient (Wildman–Crippen LogP) is 6.32. The maximum atomic E-state index is 14.3. The van der Waals surface area contributed by atoms with E-state index in [2.05, 4.69) is 31.2 Å². The van der Waals surface area contributed by atoms with Gasteiger partial charge in [-0.1, -0.05) is 71.1 Å². The lowest BCUT2D eigenvalue weighted by Crippen LogP contribution is -2.43. The molecule has 0 fully saturated rings. The summed E-state index contributed by atoms with van der Waals surface area (Å²) in [5, 5.41) is 2.63. The highest BCUT2D eigenvalue weighted by atomic mass is 32.2. The molecule has 0 saturated heterocycles. The monoisotopic (exact) mass is 623 g/mol. The Labute approximate surface area is 263 Å². The molecule has 1 amide bonds. The van der Waals surface area contributed by atoms with E-state index in [1.807, 2.05) is 69.3 Å². The second-order valence-corrected chi connectivity index (χ2v) is 12.6. The summed E-state index contributed by atoms with van der Waals surface area (Å²) in [5.74, 6) is 1.03. The Morgan fingerprint density at radius 1 is 1.05 bits per heavy atom. The van der Waals surface area contributed by atoms with Gasteiger partial charge in [-0.15, -0.1) is 0 Å². The molecule has 0 spiro atoms. The van der Waals surface area contributed by atoms with Crippen molar-refractivity contribution in [2.75, 3.05) is 20.2 Å². The third-order valence-corrected chi connectivity index (χ3v) is 9.75. The molecule has 0 N–H and O–H groups in total. The van der Waals surface area contributed by atoms with Crippen molar-refractivity contribution in [2.24, 2.45) is 4.99 Å². The molecule has 0 bridgehead atoms. The predicted molar refractivity (Wildman–Crippen MR) is 176 cm³/mol. The van der Waals surface area contributed by atoms with Gasteiger partial charge in [0.15, 0.2) is 9.89 Å². The first kappa shape index (κ1) is 29.7. The number of furan rings is 1. The first-order valence-electron chi connectivity index (χ1n) is 14.5. The van der Waals surface area contributed by atoms with Crippen LogP contribution in [0.3, 0.4) is 0 Å². The molecule has 0 saturated carbocycles. The first-order chi connectivity index (χ1) is 21.3. The zero-order chi connectivity index (χ0) is 31.0. The lowest BCUT2D eigenvalue weighted by molar-refractivity contribution is -0.127. The summed E-state index contributed by atoms with van der Waals surface area (Å²) >= 11 is 2.81. The van der Waals surface area contributed by atoms with Crippen LogP contribution in [0.15, 0.2) is 108 Å². The van der Waals surface area contributed by atoms with Gasteiger partial charge in [-0.05, 0) is 68.8 Å². The summed E-state index contributed by atoms with van der Waals surface area (Å²) in [6, 6.07) is 23.1. The van der Waals surface area contributed by atoms with Crippen LogP contribution in [0, 0.1) is 6.92 Å². The van der Waals surface area contributed by atoms with Crippen LogP contribution in [-0.2, 0) is 4.79 Å². The van der Waals surface area contributed by atoms with Gasteiger partial charge in [0.05, 0.1) is 22.9 Å². The molecule has 2 aromatic heterocycles. The third-order valence-electron chi connectivity index (χ3n) is 7.84. The number of likely N-dealkylation sites (N-methyl/N-ethyl adjacent to an activating group) is 1. The van der Waals surface area contributed by atoms with Crippen LogP contribution >= 0.6 is 23.1 Å². The van der Waals surface area contributed by atoms with Gasteiger partial charge in [0.1, 0.15) is 17.6 Å². The Morgan fingerprint density at radius 2 is 1.80 bits per heavy atom. The molecule has 0 unspecified atom stereocenters. The minimum absolute atomic E-state index is 0.144. The zero-order valence-electron chi connectivity index (χ0n) is 25.3. The van der Waals surface area contributed by atoms with Crippen molar-refractivity contribution < 1.29 is 13.9 Å². The second kappa shape index (κ2) is 12.3. The van der Waals surface area contributed by atoms with Gasteiger partial charge in [0.25, 0.3) is 11.5 Å². The van der Waals surface area contributed by atoms with Crippen LogP contribution in [0.25, 0.3) is 16.8 Å². The van der Waals surface area contributed by atoms with Crippen molar-refractivity contribution in [1.29, 1.82) is 0 Å². The van der Waals surface area contributed by atoms with Crippen LogP contribution in [0.1, 0.15) is 43.7 Å². The number of hydrogen-bond acceptors (Lipinski definition) is 7. The van der Waals surface area contributed by atoms with Gasteiger partial charge in [0, 0.05) is 29.6 Å². The van der Waals surface area contributed by atoms with E-state index in [0.29, 0.717) is 45.2 Å². The largest absolute Gasteiger partial charge is 0.496 e. The van der Waals surface area contributed by atoms with E-state index in [9.17, 15) is 9.59 Å². The smallest absolute Gasteiger partial charge is 0.271 e. The Hall–Kier alpha value is -4.34. The molecule has 44 heavy (non-hydrogen) atoms. The Kier molecular flexibility index (Phi) is 8.33. The summed E-state index contributed by atoms with van der Waals surface area (Å²) < 4.78 is 14.1. The fourth-order valence-corrected chi connectivity index (χ4v) is 7.41. The molecule has 0 aliphatic carbocycles. The topological polar surface area (TPSA) is 77.0 Å². The number of carbonyl (C=O) groups excluding carboxylic acids is 1. The van der Waals surface area contributed by atoms with Crippen molar-refractivity contribution in [2.45, 2.75) is 43.7 Å². The fourth-order valence-electron chi connectivity index (χ4n) is 5.60. The van der Waals surface area contributed by atoms with Crippen LogP contribution in [0.5, 0.6) is 5.75 Å². The molecule has 5 aromatic rings. The number of allylic oxidation sites excluding steroid dienone is 1. The Balaban J connectivity index is 1.53. The molecule has 1 aliphatic heterocycles. The lowest BCUT2D eigenvalue weighted by atomic mass is 9.90. The minimum Gasteiger partial charge on any atom is -0.496 e. The fraction of sp³-hybridized carbons (Fsp3) is 0.229. The van der Waals surface area contributed by atoms with Gasteiger partial charge < -0.3 is 14.1 Å². The quantitative estimate of drug-likeness (QED) is 0.202. The van der Waals surface area contributed by atoms with Gasteiger partial charge >= 0.3 is 0 Å². The van der Waals surface area contributed by atoms with E-state index in [4.69, 9.17) is 14.1 Å². The van der Waals surface area contributed by atoms with Crippen molar-refractivity contribution in [3.63, 3.8) is 0 Å². The van der Waals surface area contributed by atoms with Crippen molar-refractivity contribution in [1.82, 2.24) is 9.47 Å². The second-order valence-electron chi connectivity index (χ2n) is 10.5. The van der Waals surface area contributed by atoms with E-state index >= 15 is 0 Å². The van der Waals surface area contributed by atoms with Crippen LogP contribution < -0.4 is 19.6 Å². The first-order valence-corrected chi connectivity index (χ1v) is 16.2. The van der Waals surface area contributed by atoms with Gasteiger partial charge in [-0.2, -0.15) is 0 Å². The number of benzene rings is 3. The summed E-state index contributed by atoms with van der Waals surface area (Å²) in [6.45, 7) is 8.89. The standard InChI is InChI=1S/C35H33N3O4S2/c1-6-37(7-2)34(40)30-22(4)36-35-38(32(30)31-26-11-9-8-10-23(26)14-18-27(31)41-5)33(39)28(44-35)20-24-15-19-29(42-24)43-25-16-12-21(3)13-17-25/h8-20,32H,6-7H2,1-5H3/b28-20+/t32-/m1/s1. The number of fused-ring (bicyclic) bond motifs is 2. The number of amides is 1. The maximum absolute atomic E-state index is 14.3. The number of aromatic nitrogens is 1. The van der Waals surface area contributed by atoms with Crippen molar-refractivity contribution in [3.05, 3.63) is 121 Å². The molecule has 9 heteroatoms. The number of ether oxygens (including phenoxy) is 1. The lowest BCUT2D eigenvalue weighted by Gasteiger charge is -2.30. The van der Waals surface area contributed by atoms with Gasteiger partial charge in [-0.25, -0.2) is 4.99 Å². The molecule has 1 aliphatic rings. The number of nitrogens with zero attached hydrogens (tertiary/aromatic N) is 3. The summed E-state index contributed by atoms with van der Waals surface area (Å²) in [6.07, 6.45) is 1.76. The van der Waals surface area contributed by atoms with Crippen LogP contribution in [-0.4, -0.2) is 35.6 Å². The van der Waals surface area contributed by atoms with E-state index in [0.717, 1.165) is 26.3 Å².